The summed E-state index contributed by atoms with van der Waals surface area (Å²) in [4.78, 5) is 0. The first kappa shape index (κ1) is 9.61. The van der Waals surface area contributed by atoms with E-state index in [1.165, 1.54) is 0 Å². The van der Waals surface area contributed by atoms with Crippen LogP contribution in [-0.2, 0) is 0 Å². The van der Waals surface area contributed by atoms with Crippen LogP contribution in [-0.4, -0.2) is 22.2 Å². The molecule has 1 N–H and O–H groups in total. The zero-order chi connectivity index (χ0) is 8.20. The SMILES string of the molecule is CCSC(=NO)C(F)(F)F. The van der Waals surface area contributed by atoms with Crippen molar-refractivity contribution >= 4 is 16.8 Å². The number of alkyl halides is 3. The van der Waals surface area contributed by atoms with E-state index in [1.807, 2.05) is 0 Å². The zero-order valence-electron chi connectivity index (χ0n) is 5.14. The molecule has 0 bridgehead atoms. The monoisotopic (exact) mass is 173 g/mol. The van der Waals surface area contributed by atoms with Gasteiger partial charge in [0.05, 0.1) is 0 Å². The highest BCUT2D eigenvalue weighted by Gasteiger charge is 2.36. The number of halogens is 3. The Morgan fingerprint density at radius 3 is 2.20 bits per heavy atom. The lowest BCUT2D eigenvalue weighted by atomic mass is 10.7. The molecule has 60 valence electrons. The third-order valence-electron chi connectivity index (χ3n) is 0.614. The van der Waals surface area contributed by atoms with E-state index in [0.717, 1.165) is 0 Å². The molecule has 10 heavy (non-hydrogen) atoms. The standard InChI is InChI=1S/C4H6F3NOS/c1-2-10-3(8-9)4(5,6)7/h9H,2H2,1H3. The molecule has 0 aromatic carbocycles. The van der Waals surface area contributed by atoms with E-state index < -0.39 is 11.2 Å². The molecule has 2 nitrogen and oxygen atoms in total. The Morgan fingerprint density at radius 2 is 2.10 bits per heavy atom. The van der Waals surface area contributed by atoms with Crippen molar-refractivity contribution in [2.24, 2.45) is 5.16 Å². The van der Waals surface area contributed by atoms with Gasteiger partial charge in [-0.25, -0.2) is 0 Å². The van der Waals surface area contributed by atoms with Gasteiger partial charge in [0.1, 0.15) is 0 Å². The molecule has 0 aliphatic rings. The molecule has 0 saturated heterocycles. The van der Waals surface area contributed by atoms with Crippen molar-refractivity contribution in [2.75, 3.05) is 5.75 Å². The topological polar surface area (TPSA) is 32.6 Å². The molecule has 0 fully saturated rings. The lowest BCUT2D eigenvalue weighted by Gasteiger charge is -2.04. The fourth-order valence-electron chi connectivity index (χ4n) is 0.304. The molecule has 0 spiro atoms. The highest BCUT2D eigenvalue weighted by molar-refractivity contribution is 8.14. The largest absolute Gasteiger partial charge is 0.442 e. The van der Waals surface area contributed by atoms with Gasteiger partial charge in [0.25, 0.3) is 0 Å². The van der Waals surface area contributed by atoms with Crippen LogP contribution in [0.15, 0.2) is 5.16 Å². The van der Waals surface area contributed by atoms with Crippen LogP contribution in [0, 0.1) is 0 Å². The van der Waals surface area contributed by atoms with Gasteiger partial charge in [-0.1, -0.05) is 23.8 Å². The Balaban J connectivity index is 4.10. The lowest BCUT2D eigenvalue weighted by molar-refractivity contribution is -0.0573. The molecule has 0 atom stereocenters. The predicted molar refractivity (Wildman–Crippen MR) is 33.4 cm³/mol. The number of rotatable bonds is 1. The van der Waals surface area contributed by atoms with E-state index in [2.05, 4.69) is 5.16 Å². The van der Waals surface area contributed by atoms with Crippen molar-refractivity contribution < 1.29 is 18.4 Å². The fraction of sp³-hybridized carbons (Fsp3) is 0.750. The summed E-state index contributed by atoms with van der Waals surface area (Å²) in [7, 11) is 0. The van der Waals surface area contributed by atoms with E-state index in [9.17, 15) is 13.2 Å². The van der Waals surface area contributed by atoms with Crippen LogP contribution >= 0.6 is 11.8 Å². The highest BCUT2D eigenvalue weighted by atomic mass is 32.2. The van der Waals surface area contributed by atoms with Crippen molar-refractivity contribution in [3.05, 3.63) is 0 Å². The molecule has 0 saturated carbocycles. The molecular formula is C4H6F3NOS. The average molecular weight is 173 g/mol. The van der Waals surface area contributed by atoms with E-state index >= 15 is 0 Å². The summed E-state index contributed by atoms with van der Waals surface area (Å²) >= 11 is 0.458. The molecule has 0 aromatic heterocycles. The number of nitrogens with zero attached hydrogens (tertiary/aromatic N) is 1. The maximum absolute atomic E-state index is 11.6. The van der Waals surface area contributed by atoms with Crippen molar-refractivity contribution in [2.45, 2.75) is 13.1 Å². The van der Waals surface area contributed by atoms with Crippen LogP contribution in [0.5, 0.6) is 0 Å². The summed E-state index contributed by atoms with van der Waals surface area (Å²) in [5.74, 6) is 0.235. The van der Waals surface area contributed by atoms with E-state index in [0.29, 0.717) is 11.8 Å². The van der Waals surface area contributed by atoms with Gasteiger partial charge in [0.15, 0.2) is 0 Å². The number of hydrogen-bond acceptors (Lipinski definition) is 3. The maximum atomic E-state index is 11.6. The highest BCUT2D eigenvalue weighted by Crippen LogP contribution is 2.24. The molecule has 0 radical (unpaired) electrons. The number of hydrogen-bond donors (Lipinski definition) is 1. The number of oxime groups is 1. The minimum atomic E-state index is -4.52. The van der Waals surface area contributed by atoms with Crippen LogP contribution in [0.4, 0.5) is 13.2 Å². The summed E-state index contributed by atoms with van der Waals surface area (Å²) < 4.78 is 34.8. The van der Waals surface area contributed by atoms with Crippen molar-refractivity contribution in [1.82, 2.24) is 0 Å². The molecule has 0 amide bonds. The molecule has 0 unspecified atom stereocenters. The Morgan fingerprint density at radius 1 is 1.60 bits per heavy atom. The Bertz CT molecular complexity index is 133. The van der Waals surface area contributed by atoms with Gasteiger partial charge in [-0.15, -0.1) is 0 Å². The minimum Gasteiger partial charge on any atom is -0.410 e. The second-order valence-electron chi connectivity index (χ2n) is 1.34. The minimum absolute atomic E-state index is 0.235. The predicted octanol–water partition coefficient (Wildman–Crippen LogP) is 2.09. The van der Waals surface area contributed by atoms with Gasteiger partial charge in [-0.3, -0.25) is 0 Å². The van der Waals surface area contributed by atoms with Crippen molar-refractivity contribution in [3.63, 3.8) is 0 Å². The number of thioether (sulfide) groups is 1. The van der Waals surface area contributed by atoms with Gasteiger partial charge >= 0.3 is 6.18 Å². The lowest BCUT2D eigenvalue weighted by Crippen LogP contribution is -2.19. The summed E-state index contributed by atoms with van der Waals surface area (Å²) in [6, 6.07) is 0. The third-order valence-corrected chi connectivity index (χ3v) is 1.49. The van der Waals surface area contributed by atoms with Gasteiger partial charge < -0.3 is 5.21 Å². The van der Waals surface area contributed by atoms with E-state index in [1.54, 1.807) is 6.92 Å². The molecular weight excluding hydrogens is 167 g/mol. The molecule has 0 aliphatic carbocycles. The smallest absolute Gasteiger partial charge is 0.410 e. The van der Waals surface area contributed by atoms with Gasteiger partial charge in [-0.2, -0.15) is 13.2 Å². The van der Waals surface area contributed by atoms with Crippen LogP contribution in [0.2, 0.25) is 0 Å². The second-order valence-corrected chi connectivity index (χ2v) is 2.59. The van der Waals surface area contributed by atoms with Gasteiger partial charge in [-0.05, 0) is 5.75 Å². The van der Waals surface area contributed by atoms with Crippen molar-refractivity contribution in [3.8, 4) is 0 Å². The van der Waals surface area contributed by atoms with Gasteiger partial charge in [0.2, 0.25) is 5.04 Å². The van der Waals surface area contributed by atoms with Crippen LogP contribution in [0.1, 0.15) is 6.92 Å². The first-order valence-corrected chi connectivity index (χ1v) is 3.43. The van der Waals surface area contributed by atoms with Crippen LogP contribution in [0.25, 0.3) is 0 Å². The Labute approximate surface area is 60.1 Å². The quantitative estimate of drug-likeness (QED) is 0.285. The third kappa shape index (κ3) is 2.95. The first-order valence-electron chi connectivity index (χ1n) is 2.44. The fourth-order valence-corrected chi connectivity index (χ4v) is 0.799. The van der Waals surface area contributed by atoms with E-state index in [4.69, 9.17) is 5.21 Å². The second kappa shape index (κ2) is 3.70. The zero-order valence-corrected chi connectivity index (χ0v) is 5.96. The van der Waals surface area contributed by atoms with Crippen LogP contribution in [0.3, 0.4) is 0 Å². The molecule has 6 heteroatoms. The van der Waals surface area contributed by atoms with Crippen LogP contribution < -0.4 is 0 Å². The average Bonchev–Trinajstić information content (AvgIpc) is 1.80. The van der Waals surface area contributed by atoms with Gasteiger partial charge in [0, 0.05) is 0 Å². The Kier molecular flexibility index (Phi) is 3.55. The first-order chi connectivity index (χ1) is 4.52. The molecule has 0 rings (SSSR count). The molecule has 0 aromatic rings. The van der Waals surface area contributed by atoms with E-state index in [-0.39, 0.29) is 5.75 Å². The summed E-state index contributed by atoms with van der Waals surface area (Å²) in [6.07, 6.45) is -4.52. The molecule has 0 aliphatic heterocycles. The summed E-state index contributed by atoms with van der Waals surface area (Å²) in [6.45, 7) is 1.54. The maximum Gasteiger partial charge on any atom is 0.442 e. The summed E-state index contributed by atoms with van der Waals surface area (Å²) in [5.41, 5.74) is 0. The summed E-state index contributed by atoms with van der Waals surface area (Å²) in [5, 5.41) is 8.74. The molecule has 0 heterocycles. The Hall–Kier alpha value is -0.390. The normalized spacial score (nSPS) is 13.8. The van der Waals surface area contributed by atoms with Crippen molar-refractivity contribution in [1.29, 1.82) is 0 Å².